The van der Waals surface area contributed by atoms with Crippen molar-refractivity contribution >= 4 is 29.0 Å². The second-order valence-corrected chi connectivity index (χ2v) is 4.89. The van der Waals surface area contributed by atoms with Gasteiger partial charge in [0, 0.05) is 22.3 Å². The molecule has 0 unspecified atom stereocenters. The predicted octanol–water partition coefficient (Wildman–Crippen LogP) is 2.74. The Labute approximate surface area is 119 Å². The lowest BCUT2D eigenvalue weighted by molar-refractivity contribution is 0.0970. The average molecular weight is 297 g/mol. The van der Waals surface area contributed by atoms with Crippen LogP contribution >= 0.6 is 23.2 Å². The Morgan fingerprint density at radius 1 is 1.32 bits per heavy atom. The minimum absolute atomic E-state index is 0.119. The van der Waals surface area contributed by atoms with E-state index in [-0.39, 0.29) is 17.9 Å². The smallest absolute Gasteiger partial charge is 0.253 e. The molecule has 0 N–H and O–H groups in total. The summed E-state index contributed by atoms with van der Waals surface area (Å²) in [5, 5.41) is 0.727. The number of rotatable bonds is 3. The van der Waals surface area contributed by atoms with Gasteiger partial charge in [-0.2, -0.15) is 0 Å². The highest BCUT2D eigenvalue weighted by molar-refractivity contribution is 6.35. The van der Waals surface area contributed by atoms with Gasteiger partial charge in [-0.25, -0.2) is 4.98 Å². The lowest BCUT2D eigenvalue weighted by Crippen LogP contribution is -2.24. The van der Waals surface area contributed by atoms with Crippen LogP contribution in [-0.2, 0) is 6.54 Å². The molecule has 0 radical (unpaired) electrons. The zero-order valence-electron chi connectivity index (χ0n) is 10.1. The van der Waals surface area contributed by atoms with Crippen LogP contribution in [0.3, 0.4) is 0 Å². The van der Waals surface area contributed by atoms with Gasteiger partial charge >= 0.3 is 0 Å². The van der Waals surface area contributed by atoms with E-state index in [0.717, 1.165) is 0 Å². The number of ketones is 1. The molecule has 0 spiro atoms. The van der Waals surface area contributed by atoms with Crippen LogP contribution in [0.5, 0.6) is 0 Å². The summed E-state index contributed by atoms with van der Waals surface area (Å²) in [6, 6.07) is 6.00. The first-order valence-electron chi connectivity index (χ1n) is 5.48. The molecule has 0 saturated carbocycles. The summed E-state index contributed by atoms with van der Waals surface area (Å²) >= 11 is 11.8. The molecule has 0 saturated heterocycles. The molecule has 2 rings (SSSR count). The minimum atomic E-state index is -0.291. The van der Waals surface area contributed by atoms with Crippen molar-refractivity contribution < 1.29 is 4.79 Å². The van der Waals surface area contributed by atoms with E-state index in [9.17, 15) is 9.59 Å². The fourth-order valence-electron chi connectivity index (χ4n) is 1.59. The van der Waals surface area contributed by atoms with Crippen molar-refractivity contribution in [3.05, 3.63) is 62.2 Å². The van der Waals surface area contributed by atoms with Gasteiger partial charge in [-0.3, -0.25) is 14.2 Å². The predicted molar refractivity (Wildman–Crippen MR) is 74.0 cm³/mol. The second-order valence-electron chi connectivity index (χ2n) is 4.04. The SMILES string of the molecule is Cc1cc(=O)n(CC(=O)c2cc(Cl)ccc2Cl)cn1. The van der Waals surface area contributed by atoms with E-state index in [1.165, 1.54) is 23.0 Å². The van der Waals surface area contributed by atoms with Crippen molar-refractivity contribution in [1.29, 1.82) is 0 Å². The molecule has 0 aliphatic carbocycles. The summed E-state index contributed by atoms with van der Waals surface area (Å²) in [6.07, 6.45) is 1.34. The summed E-state index contributed by atoms with van der Waals surface area (Å²) in [4.78, 5) is 27.7. The Balaban J connectivity index is 2.31. The van der Waals surface area contributed by atoms with Crippen LogP contribution in [0, 0.1) is 6.92 Å². The topological polar surface area (TPSA) is 52.0 Å². The van der Waals surface area contributed by atoms with Crippen LogP contribution < -0.4 is 5.56 Å². The van der Waals surface area contributed by atoms with Gasteiger partial charge in [-0.1, -0.05) is 23.2 Å². The van der Waals surface area contributed by atoms with Gasteiger partial charge in [0.1, 0.15) is 0 Å². The standard InChI is InChI=1S/C13H10Cl2N2O2/c1-8-4-13(19)17(7-16-8)6-12(18)10-5-9(14)2-3-11(10)15/h2-5,7H,6H2,1H3. The highest BCUT2D eigenvalue weighted by atomic mass is 35.5. The lowest BCUT2D eigenvalue weighted by atomic mass is 10.1. The van der Waals surface area contributed by atoms with E-state index in [2.05, 4.69) is 4.98 Å². The maximum Gasteiger partial charge on any atom is 0.253 e. The number of aromatic nitrogens is 2. The molecule has 0 fully saturated rings. The molecule has 1 aromatic carbocycles. The molecule has 98 valence electrons. The third-order valence-corrected chi connectivity index (χ3v) is 3.12. The highest BCUT2D eigenvalue weighted by Gasteiger charge is 2.12. The monoisotopic (exact) mass is 296 g/mol. The van der Waals surface area contributed by atoms with Gasteiger partial charge in [-0.15, -0.1) is 0 Å². The van der Waals surface area contributed by atoms with Crippen LogP contribution in [0.2, 0.25) is 10.0 Å². The third-order valence-electron chi connectivity index (χ3n) is 2.56. The zero-order chi connectivity index (χ0) is 14.0. The van der Waals surface area contributed by atoms with Gasteiger partial charge in [0.05, 0.1) is 17.9 Å². The van der Waals surface area contributed by atoms with Crippen molar-refractivity contribution in [3.8, 4) is 0 Å². The molecule has 19 heavy (non-hydrogen) atoms. The van der Waals surface area contributed by atoms with Crippen molar-refractivity contribution in [1.82, 2.24) is 9.55 Å². The van der Waals surface area contributed by atoms with Crippen LogP contribution in [0.1, 0.15) is 16.1 Å². The molecular weight excluding hydrogens is 287 g/mol. The summed E-state index contributed by atoms with van der Waals surface area (Å²) in [6.45, 7) is 1.59. The Morgan fingerprint density at radius 3 is 2.74 bits per heavy atom. The molecule has 0 amide bonds. The normalized spacial score (nSPS) is 10.5. The maximum absolute atomic E-state index is 12.1. The Bertz CT molecular complexity index is 695. The van der Waals surface area contributed by atoms with E-state index >= 15 is 0 Å². The molecular formula is C13H10Cl2N2O2. The van der Waals surface area contributed by atoms with Crippen LogP contribution in [0.15, 0.2) is 35.4 Å². The van der Waals surface area contributed by atoms with Crippen LogP contribution in [0.25, 0.3) is 0 Å². The molecule has 6 heteroatoms. The first kappa shape index (κ1) is 13.8. The van der Waals surface area contributed by atoms with E-state index in [4.69, 9.17) is 23.2 Å². The Morgan fingerprint density at radius 2 is 2.05 bits per heavy atom. The third kappa shape index (κ3) is 3.22. The fourth-order valence-corrected chi connectivity index (χ4v) is 1.98. The average Bonchev–Trinajstić information content (AvgIpc) is 2.35. The minimum Gasteiger partial charge on any atom is -0.292 e. The number of hydrogen-bond acceptors (Lipinski definition) is 3. The number of aryl methyl sites for hydroxylation is 1. The summed E-state index contributed by atoms with van der Waals surface area (Å²) in [5.74, 6) is -0.291. The molecule has 0 aliphatic rings. The summed E-state index contributed by atoms with van der Waals surface area (Å²) < 4.78 is 1.23. The second kappa shape index (κ2) is 5.55. The van der Waals surface area contributed by atoms with E-state index in [0.29, 0.717) is 21.3 Å². The molecule has 0 aliphatic heterocycles. The van der Waals surface area contributed by atoms with Crippen molar-refractivity contribution in [2.24, 2.45) is 0 Å². The van der Waals surface area contributed by atoms with Gasteiger partial charge in [0.25, 0.3) is 5.56 Å². The first-order valence-corrected chi connectivity index (χ1v) is 6.24. The molecule has 0 bridgehead atoms. The number of carbonyl (C=O) groups excluding carboxylic acids is 1. The molecule has 2 aromatic rings. The van der Waals surface area contributed by atoms with Gasteiger partial charge < -0.3 is 0 Å². The number of Topliss-reactive ketones (excluding diaryl/α,β-unsaturated/α-hetero) is 1. The van der Waals surface area contributed by atoms with Crippen LogP contribution in [0.4, 0.5) is 0 Å². The zero-order valence-corrected chi connectivity index (χ0v) is 11.6. The fraction of sp³-hybridized carbons (Fsp3) is 0.154. The van der Waals surface area contributed by atoms with Crippen molar-refractivity contribution in [2.75, 3.05) is 0 Å². The van der Waals surface area contributed by atoms with Gasteiger partial charge in [0.15, 0.2) is 5.78 Å². The first-order chi connectivity index (χ1) is 8.97. The van der Waals surface area contributed by atoms with Gasteiger partial charge in [0.2, 0.25) is 0 Å². The van der Waals surface area contributed by atoms with E-state index in [1.807, 2.05) is 0 Å². The molecule has 0 atom stereocenters. The number of carbonyl (C=O) groups is 1. The Hall–Kier alpha value is -1.65. The molecule has 1 heterocycles. The maximum atomic E-state index is 12.1. The number of nitrogens with zero attached hydrogens (tertiary/aromatic N) is 2. The van der Waals surface area contributed by atoms with Crippen LogP contribution in [-0.4, -0.2) is 15.3 Å². The number of halogens is 2. The van der Waals surface area contributed by atoms with E-state index in [1.54, 1.807) is 19.1 Å². The Kier molecular flexibility index (Phi) is 4.02. The highest BCUT2D eigenvalue weighted by Crippen LogP contribution is 2.21. The number of benzene rings is 1. The van der Waals surface area contributed by atoms with Crippen molar-refractivity contribution in [2.45, 2.75) is 13.5 Å². The quantitative estimate of drug-likeness (QED) is 0.819. The summed E-state index contributed by atoms with van der Waals surface area (Å²) in [5.41, 5.74) is 0.620. The largest absolute Gasteiger partial charge is 0.292 e. The molecule has 1 aromatic heterocycles. The molecule has 4 nitrogen and oxygen atoms in total. The van der Waals surface area contributed by atoms with E-state index < -0.39 is 0 Å². The number of hydrogen-bond donors (Lipinski definition) is 0. The lowest BCUT2D eigenvalue weighted by Gasteiger charge is -2.06. The summed E-state index contributed by atoms with van der Waals surface area (Å²) in [7, 11) is 0. The van der Waals surface area contributed by atoms with Gasteiger partial charge in [-0.05, 0) is 25.1 Å². The van der Waals surface area contributed by atoms with Crippen molar-refractivity contribution in [3.63, 3.8) is 0 Å².